The first-order valence-corrected chi connectivity index (χ1v) is 7.45. The van der Waals surface area contributed by atoms with Crippen LogP contribution in [-0.4, -0.2) is 4.57 Å². The molecular weight excluding hydrogens is 242 g/mol. The fourth-order valence-electron chi connectivity index (χ4n) is 2.73. The molecular formula is C19H21N. The topological polar surface area (TPSA) is 4.93 Å². The smallest absolute Gasteiger partial charge is 0.0491 e. The van der Waals surface area contributed by atoms with E-state index in [9.17, 15) is 0 Å². The van der Waals surface area contributed by atoms with Crippen molar-refractivity contribution in [2.75, 3.05) is 0 Å². The molecule has 0 aliphatic carbocycles. The van der Waals surface area contributed by atoms with Gasteiger partial charge < -0.3 is 4.57 Å². The molecule has 0 amide bonds. The minimum Gasteiger partial charge on any atom is -0.340 e. The molecule has 3 aromatic rings. The summed E-state index contributed by atoms with van der Waals surface area (Å²) in [7, 11) is 0. The maximum absolute atomic E-state index is 2.46. The number of aryl methyl sites for hydroxylation is 2. The molecule has 0 N–H and O–H groups in total. The van der Waals surface area contributed by atoms with Gasteiger partial charge in [-0.25, -0.2) is 0 Å². The zero-order valence-corrected chi connectivity index (χ0v) is 12.3. The summed E-state index contributed by atoms with van der Waals surface area (Å²) in [6, 6.07) is 19.8. The van der Waals surface area contributed by atoms with E-state index >= 15 is 0 Å². The molecule has 1 heterocycles. The van der Waals surface area contributed by atoms with Crippen LogP contribution in [0.4, 0.5) is 0 Å². The van der Waals surface area contributed by atoms with Gasteiger partial charge in [0.1, 0.15) is 0 Å². The molecule has 0 aliphatic heterocycles. The Morgan fingerprint density at radius 1 is 0.950 bits per heavy atom. The third-order valence-corrected chi connectivity index (χ3v) is 3.89. The van der Waals surface area contributed by atoms with Crippen molar-refractivity contribution in [2.45, 2.75) is 33.2 Å². The van der Waals surface area contributed by atoms with Crippen LogP contribution in [0.15, 0.2) is 54.6 Å². The minimum absolute atomic E-state index is 1.09. The van der Waals surface area contributed by atoms with E-state index < -0.39 is 0 Å². The number of hydrogen-bond donors (Lipinski definition) is 0. The first kappa shape index (κ1) is 13.0. The molecule has 2 aromatic carbocycles. The molecule has 0 atom stereocenters. The molecule has 0 saturated carbocycles. The molecule has 0 aliphatic rings. The molecule has 1 aromatic heterocycles. The monoisotopic (exact) mass is 263 g/mol. The Morgan fingerprint density at radius 3 is 2.45 bits per heavy atom. The van der Waals surface area contributed by atoms with E-state index in [1.807, 2.05) is 0 Å². The third-order valence-electron chi connectivity index (χ3n) is 3.89. The van der Waals surface area contributed by atoms with Gasteiger partial charge in [0.15, 0.2) is 0 Å². The van der Waals surface area contributed by atoms with E-state index in [1.54, 1.807) is 0 Å². The quantitative estimate of drug-likeness (QED) is 0.592. The van der Waals surface area contributed by atoms with Crippen molar-refractivity contribution in [3.05, 3.63) is 60.2 Å². The molecule has 0 fully saturated rings. The zero-order chi connectivity index (χ0) is 13.9. The van der Waals surface area contributed by atoms with Gasteiger partial charge in [0.05, 0.1) is 0 Å². The van der Waals surface area contributed by atoms with Gasteiger partial charge in [0.2, 0.25) is 0 Å². The van der Waals surface area contributed by atoms with E-state index in [1.165, 1.54) is 40.6 Å². The van der Waals surface area contributed by atoms with Crippen LogP contribution in [0.25, 0.3) is 22.2 Å². The summed E-state index contributed by atoms with van der Waals surface area (Å²) in [5.74, 6) is 0. The highest BCUT2D eigenvalue weighted by atomic mass is 15.0. The summed E-state index contributed by atoms with van der Waals surface area (Å²) in [6.45, 7) is 5.47. The summed E-state index contributed by atoms with van der Waals surface area (Å²) in [6.07, 6.45) is 2.44. The Balaban J connectivity index is 2.15. The van der Waals surface area contributed by atoms with Gasteiger partial charge in [-0.05, 0) is 31.0 Å². The lowest BCUT2D eigenvalue weighted by molar-refractivity contribution is 0.654. The van der Waals surface area contributed by atoms with Crippen molar-refractivity contribution in [2.24, 2.45) is 0 Å². The fourth-order valence-corrected chi connectivity index (χ4v) is 2.73. The van der Waals surface area contributed by atoms with Gasteiger partial charge in [0.25, 0.3) is 0 Å². The Hall–Kier alpha value is -2.02. The predicted molar refractivity (Wildman–Crippen MR) is 87.0 cm³/mol. The Bertz CT molecular complexity index is 704. The second-order valence-corrected chi connectivity index (χ2v) is 5.46. The molecule has 1 heteroatoms. The summed E-state index contributed by atoms with van der Waals surface area (Å²) >= 11 is 0. The van der Waals surface area contributed by atoms with Crippen LogP contribution < -0.4 is 0 Å². The largest absolute Gasteiger partial charge is 0.340 e. The van der Waals surface area contributed by atoms with Crippen molar-refractivity contribution in [1.29, 1.82) is 0 Å². The molecule has 1 nitrogen and oxygen atoms in total. The maximum atomic E-state index is 2.46. The maximum Gasteiger partial charge on any atom is 0.0491 e. The average Bonchev–Trinajstić information content (AvgIpc) is 2.84. The number of unbranched alkanes of at least 4 members (excludes halogenated alkanes) is 1. The van der Waals surface area contributed by atoms with Crippen molar-refractivity contribution in [3.8, 4) is 11.3 Å². The standard InChI is InChI=1S/C19H21N/c1-3-4-13-20-18-8-6-5-7-17(18)14-19(20)16-11-9-15(2)10-12-16/h5-12,14H,3-4,13H2,1-2H3. The second kappa shape index (κ2) is 5.54. The van der Waals surface area contributed by atoms with Gasteiger partial charge >= 0.3 is 0 Å². The van der Waals surface area contributed by atoms with E-state index in [-0.39, 0.29) is 0 Å². The van der Waals surface area contributed by atoms with Crippen LogP contribution in [-0.2, 0) is 6.54 Å². The lowest BCUT2D eigenvalue weighted by Gasteiger charge is -2.10. The van der Waals surface area contributed by atoms with Crippen molar-refractivity contribution < 1.29 is 0 Å². The Kier molecular flexibility index (Phi) is 3.60. The molecule has 0 spiro atoms. The lowest BCUT2D eigenvalue weighted by Crippen LogP contribution is -1.99. The average molecular weight is 263 g/mol. The number of hydrogen-bond acceptors (Lipinski definition) is 0. The van der Waals surface area contributed by atoms with Crippen LogP contribution in [0.5, 0.6) is 0 Å². The highest BCUT2D eigenvalue weighted by Gasteiger charge is 2.09. The molecule has 3 rings (SSSR count). The van der Waals surface area contributed by atoms with Crippen LogP contribution in [0.3, 0.4) is 0 Å². The molecule has 20 heavy (non-hydrogen) atoms. The number of benzene rings is 2. The summed E-state index contributed by atoms with van der Waals surface area (Å²) in [5.41, 5.74) is 5.30. The first-order chi connectivity index (χ1) is 9.79. The predicted octanol–water partition coefficient (Wildman–Crippen LogP) is 5.42. The van der Waals surface area contributed by atoms with Crippen molar-refractivity contribution >= 4 is 10.9 Å². The lowest BCUT2D eigenvalue weighted by atomic mass is 10.1. The summed E-state index contributed by atoms with van der Waals surface area (Å²) in [5, 5.41) is 1.33. The van der Waals surface area contributed by atoms with Gasteiger partial charge in [-0.3, -0.25) is 0 Å². The van der Waals surface area contributed by atoms with Gasteiger partial charge in [0, 0.05) is 23.1 Å². The number of nitrogens with zero attached hydrogens (tertiary/aromatic N) is 1. The minimum atomic E-state index is 1.09. The first-order valence-electron chi connectivity index (χ1n) is 7.45. The van der Waals surface area contributed by atoms with E-state index in [0.29, 0.717) is 0 Å². The SMILES string of the molecule is CCCCn1c(-c2ccc(C)cc2)cc2ccccc21. The number of aromatic nitrogens is 1. The fraction of sp³-hybridized carbons (Fsp3) is 0.263. The van der Waals surface area contributed by atoms with Gasteiger partial charge in [-0.1, -0.05) is 61.4 Å². The zero-order valence-electron chi connectivity index (χ0n) is 12.3. The van der Waals surface area contributed by atoms with E-state index in [2.05, 4.69) is 73.0 Å². The molecule has 0 radical (unpaired) electrons. The molecule has 0 unspecified atom stereocenters. The Morgan fingerprint density at radius 2 is 1.70 bits per heavy atom. The third kappa shape index (κ3) is 2.36. The summed E-state index contributed by atoms with van der Waals surface area (Å²) < 4.78 is 2.46. The number of rotatable bonds is 4. The van der Waals surface area contributed by atoms with Crippen molar-refractivity contribution in [3.63, 3.8) is 0 Å². The van der Waals surface area contributed by atoms with Crippen molar-refractivity contribution in [1.82, 2.24) is 4.57 Å². The van der Waals surface area contributed by atoms with Crippen LogP contribution in [0.1, 0.15) is 25.3 Å². The van der Waals surface area contributed by atoms with Gasteiger partial charge in [-0.15, -0.1) is 0 Å². The van der Waals surface area contributed by atoms with Gasteiger partial charge in [-0.2, -0.15) is 0 Å². The molecule has 102 valence electrons. The van der Waals surface area contributed by atoms with Crippen LogP contribution >= 0.6 is 0 Å². The van der Waals surface area contributed by atoms with E-state index in [0.717, 1.165) is 6.54 Å². The summed E-state index contributed by atoms with van der Waals surface area (Å²) in [4.78, 5) is 0. The normalized spacial score (nSPS) is 11.1. The second-order valence-electron chi connectivity index (χ2n) is 5.46. The number of para-hydroxylation sites is 1. The van der Waals surface area contributed by atoms with Crippen LogP contribution in [0.2, 0.25) is 0 Å². The Labute approximate surface area is 120 Å². The van der Waals surface area contributed by atoms with Crippen LogP contribution in [0, 0.1) is 6.92 Å². The highest BCUT2D eigenvalue weighted by molar-refractivity contribution is 5.87. The molecule has 0 saturated heterocycles. The molecule has 0 bridgehead atoms. The number of fused-ring (bicyclic) bond motifs is 1. The highest BCUT2D eigenvalue weighted by Crippen LogP contribution is 2.28. The van der Waals surface area contributed by atoms with E-state index in [4.69, 9.17) is 0 Å².